The average Bonchev–Trinajstić information content (AvgIpc) is 3.73. The SMILES string of the molecule is Cc1cc(-n2nc3c(c2-n2ccn(-c4ccc5c(cnn5C)c4F)c2=O)[C@H](C)NCC32CCCN(C(=O)OC(C)(C)C)C2)cc(C)c1F. The maximum atomic E-state index is 15.8. The van der Waals surface area contributed by atoms with Crippen LogP contribution in [0.2, 0.25) is 0 Å². The Hall–Kier alpha value is -4.78. The minimum absolute atomic E-state index is 0.0931. The molecule has 0 aliphatic carbocycles. The summed E-state index contributed by atoms with van der Waals surface area (Å²) in [4.78, 5) is 29.3. The Morgan fingerprint density at radius 3 is 2.50 bits per heavy atom. The van der Waals surface area contributed by atoms with Crippen molar-refractivity contribution in [2.24, 2.45) is 7.05 Å². The molecular formula is C35H40F2N8O3. The lowest BCUT2D eigenvalue weighted by molar-refractivity contribution is 0.0122. The Labute approximate surface area is 276 Å². The van der Waals surface area contributed by atoms with Gasteiger partial charge in [-0.05, 0) is 89.8 Å². The number of hydrogen-bond donors (Lipinski definition) is 1. The first-order valence-electron chi connectivity index (χ1n) is 16.2. The van der Waals surface area contributed by atoms with E-state index in [2.05, 4.69) is 10.4 Å². The van der Waals surface area contributed by atoms with Crippen molar-refractivity contribution in [1.29, 1.82) is 0 Å². The molecule has 2 aromatic carbocycles. The molecule has 0 saturated carbocycles. The van der Waals surface area contributed by atoms with E-state index in [-0.39, 0.29) is 23.6 Å². The van der Waals surface area contributed by atoms with E-state index in [4.69, 9.17) is 9.84 Å². The highest BCUT2D eigenvalue weighted by Gasteiger charge is 2.48. The third-order valence-corrected chi connectivity index (χ3v) is 9.58. The second-order valence-electron chi connectivity index (χ2n) is 14.2. The van der Waals surface area contributed by atoms with Gasteiger partial charge in [0.2, 0.25) is 0 Å². The molecule has 1 fully saturated rings. The number of nitrogens with zero attached hydrogens (tertiary/aromatic N) is 7. The van der Waals surface area contributed by atoms with Crippen molar-refractivity contribution in [3.8, 4) is 17.2 Å². The van der Waals surface area contributed by atoms with Crippen LogP contribution in [0, 0.1) is 25.5 Å². The number of imidazole rings is 1. The number of rotatable bonds is 3. The van der Waals surface area contributed by atoms with Crippen LogP contribution in [0.15, 0.2) is 47.7 Å². The van der Waals surface area contributed by atoms with Crippen molar-refractivity contribution in [1.82, 2.24) is 38.9 Å². The molecule has 1 saturated heterocycles. The molecule has 0 radical (unpaired) electrons. The van der Waals surface area contributed by atoms with Gasteiger partial charge in [0.05, 0.1) is 34.2 Å². The summed E-state index contributed by atoms with van der Waals surface area (Å²) in [5, 5.41) is 13.3. The van der Waals surface area contributed by atoms with Gasteiger partial charge in [0.15, 0.2) is 5.82 Å². The number of likely N-dealkylation sites (tertiary alicyclic amines) is 1. The number of nitrogens with one attached hydrogen (secondary N) is 1. The fourth-order valence-corrected chi connectivity index (χ4v) is 7.25. The van der Waals surface area contributed by atoms with Crippen molar-refractivity contribution < 1.29 is 18.3 Å². The lowest BCUT2D eigenvalue weighted by atomic mass is 9.72. The van der Waals surface area contributed by atoms with E-state index in [1.54, 1.807) is 65.6 Å². The number of carbonyl (C=O) groups is 1. The van der Waals surface area contributed by atoms with E-state index in [9.17, 15) is 14.0 Å². The number of piperidine rings is 1. The highest BCUT2D eigenvalue weighted by atomic mass is 19.1. The molecule has 1 unspecified atom stereocenters. The third-order valence-electron chi connectivity index (χ3n) is 9.58. The van der Waals surface area contributed by atoms with Gasteiger partial charge < -0.3 is 15.0 Å². The Balaban J connectivity index is 1.43. The minimum Gasteiger partial charge on any atom is -0.444 e. The molecule has 3 aromatic heterocycles. The van der Waals surface area contributed by atoms with Crippen LogP contribution < -0.4 is 11.0 Å². The molecule has 252 valence electrons. The average molecular weight is 659 g/mol. The molecule has 2 aliphatic heterocycles. The predicted molar refractivity (Wildman–Crippen MR) is 177 cm³/mol. The highest BCUT2D eigenvalue weighted by molar-refractivity contribution is 5.81. The first kappa shape index (κ1) is 31.8. The number of halogens is 2. The fourth-order valence-electron chi connectivity index (χ4n) is 7.25. The summed E-state index contributed by atoms with van der Waals surface area (Å²) in [5.74, 6) is -0.400. The molecule has 1 N–H and O–H groups in total. The van der Waals surface area contributed by atoms with E-state index in [0.29, 0.717) is 53.2 Å². The Morgan fingerprint density at radius 1 is 1.08 bits per heavy atom. The zero-order chi connectivity index (χ0) is 34.3. The van der Waals surface area contributed by atoms with Crippen molar-refractivity contribution in [3.63, 3.8) is 0 Å². The van der Waals surface area contributed by atoms with Crippen molar-refractivity contribution in [3.05, 3.63) is 87.4 Å². The predicted octanol–water partition coefficient (Wildman–Crippen LogP) is 5.53. The van der Waals surface area contributed by atoms with E-state index in [0.717, 1.165) is 24.1 Å². The van der Waals surface area contributed by atoms with Crippen LogP contribution in [0.5, 0.6) is 0 Å². The van der Waals surface area contributed by atoms with Gasteiger partial charge in [-0.1, -0.05) is 0 Å². The fraction of sp³-hybridized carbons (Fsp3) is 0.429. The van der Waals surface area contributed by atoms with Crippen LogP contribution in [-0.2, 0) is 17.2 Å². The number of hydrogen-bond acceptors (Lipinski definition) is 6. The van der Waals surface area contributed by atoms with Gasteiger partial charge in [0, 0.05) is 56.1 Å². The summed E-state index contributed by atoms with van der Waals surface area (Å²) in [6, 6.07) is 6.49. The minimum atomic E-state index is -0.644. The lowest BCUT2D eigenvalue weighted by Crippen LogP contribution is -2.56. The molecule has 1 amide bonds. The zero-order valence-corrected chi connectivity index (χ0v) is 28.3. The number of fused-ring (bicyclic) bond motifs is 3. The quantitative estimate of drug-likeness (QED) is 0.274. The van der Waals surface area contributed by atoms with Crippen molar-refractivity contribution in [2.75, 3.05) is 19.6 Å². The molecule has 13 heteroatoms. The number of benzene rings is 2. The van der Waals surface area contributed by atoms with Gasteiger partial charge in [-0.3, -0.25) is 13.8 Å². The molecule has 1 spiro atoms. The van der Waals surface area contributed by atoms with E-state index in [1.165, 1.54) is 21.5 Å². The van der Waals surface area contributed by atoms with Gasteiger partial charge in [0.1, 0.15) is 17.2 Å². The second kappa shape index (κ2) is 11.1. The Morgan fingerprint density at radius 2 is 1.79 bits per heavy atom. The molecule has 48 heavy (non-hydrogen) atoms. The second-order valence-corrected chi connectivity index (χ2v) is 14.2. The summed E-state index contributed by atoms with van der Waals surface area (Å²) < 4.78 is 42.5. The van der Waals surface area contributed by atoms with Crippen LogP contribution in [0.3, 0.4) is 0 Å². The zero-order valence-electron chi connectivity index (χ0n) is 28.3. The molecule has 2 atom stereocenters. The van der Waals surface area contributed by atoms with Crippen molar-refractivity contribution in [2.45, 2.75) is 71.4 Å². The van der Waals surface area contributed by atoms with Crippen LogP contribution in [-0.4, -0.2) is 64.9 Å². The van der Waals surface area contributed by atoms with E-state index in [1.807, 2.05) is 27.7 Å². The smallest absolute Gasteiger partial charge is 0.410 e. The van der Waals surface area contributed by atoms with Gasteiger partial charge in [0.25, 0.3) is 0 Å². The number of ether oxygens (including phenoxy) is 1. The van der Waals surface area contributed by atoms with Gasteiger partial charge in [-0.15, -0.1) is 0 Å². The number of aromatic nitrogens is 6. The first-order valence-corrected chi connectivity index (χ1v) is 16.2. The van der Waals surface area contributed by atoms with E-state index < -0.39 is 22.5 Å². The lowest BCUT2D eigenvalue weighted by Gasteiger charge is -2.45. The van der Waals surface area contributed by atoms with E-state index >= 15 is 4.39 Å². The molecule has 5 aromatic rings. The third kappa shape index (κ3) is 5.02. The maximum Gasteiger partial charge on any atom is 0.410 e. The first-order chi connectivity index (χ1) is 22.7. The van der Waals surface area contributed by atoms with Crippen LogP contribution in [0.1, 0.15) is 69.0 Å². The highest BCUT2D eigenvalue weighted by Crippen LogP contribution is 2.43. The summed E-state index contributed by atoms with van der Waals surface area (Å²) in [5.41, 5.74) is 2.00. The van der Waals surface area contributed by atoms with Gasteiger partial charge >= 0.3 is 11.8 Å². The number of carbonyl (C=O) groups excluding carboxylic acids is 1. The molecule has 2 aliphatic rings. The normalized spacial score (nSPS) is 19.7. The number of aryl methyl sites for hydroxylation is 3. The molecule has 0 bridgehead atoms. The van der Waals surface area contributed by atoms with Crippen molar-refractivity contribution >= 4 is 17.0 Å². The summed E-state index contributed by atoms with van der Waals surface area (Å²) in [6.07, 6.45) is 5.69. The van der Waals surface area contributed by atoms with Gasteiger partial charge in [-0.25, -0.2) is 23.1 Å². The molecular weight excluding hydrogens is 618 g/mol. The standard InChI is InChI=1S/C35H40F2N8O3/c1-20-15-23(16-21(2)28(20)36)45-31(44-14-13-43(32(44)46)26-10-9-25-24(29(26)37)17-39-41(25)7)27-22(3)38-18-35(30(27)40-45)11-8-12-42(19-35)33(47)48-34(4,5)6/h9-10,13-17,22,38H,8,11-12,18-19H2,1-7H3/t22-,35?/m0/s1. The molecule has 11 nitrogen and oxygen atoms in total. The summed E-state index contributed by atoms with van der Waals surface area (Å²) in [7, 11) is 1.73. The van der Waals surface area contributed by atoms with Crippen LogP contribution in [0.4, 0.5) is 13.6 Å². The largest absolute Gasteiger partial charge is 0.444 e. The topological polar surface area (TPSA) is 104 Å². The molecule has 7 rings (SSSR count). The summed E-state index contributed by atoms with van der Waals surface area (Å²) >= 11 is 0. The summed E-state index contributed by atoms with van der Waals surface area (Å²) in [6.45, 7) is 12.4. The maximum absolute atomic E-state index is 15.8. The van der Waals surface area contributed by atoms with Crippen LogP contribution in [0.25, 0.3) is 28.1 Å². The number of amides is 1. The van der Waals surface area contributed by atoms with Crippen LogP contribution >= 0.6 is 0 Å². The monoisotopic (exact) mass is 658 g/mol. The van der Waals surface area contributed by atoms with Gasteiger partial charge in [-0.2, -0.15) is 10.2 Å². The Bertz CT molecular complexity index is 2130. The Kier molecular flexibility index (Phi) is 7.39. The molecule has 5 heterocycles.